The largest absolute Gasteiger partial charge is 0.340 e. The van der Waals surface area contributed by atoms with E-state index in [1.54, 1.807) is 29.7 Å². The fraction of sp³-hybridized carbons (Fsp3) is 0.318. The zero-order valence-electron chi connectivity index (χ0n) is 17.1. The highest BCUT2D eigenvalue weighted by Crippen LogP contribution is 2.20. The van der Waals surface area contributed by atoms with Crippen molar-refractivity contribution in [2.75, 3.05) is 31.1 Å². The summed E-state index contributed by atoms with van der Waals surface area (Å²) >= 11 is 0. The van der Waals surface area contributed by atoms with Crippen molar-refractivity contribution >= 4 is 17.1 Å². The number of benzene rings is 1. The minimum Gasteiger partial charge on any atom is -0.340 e. The lowest BCUT2D eigenvalue weighted by Crippen LogP contribution is -2.44. The van der Waals surface area contributed by atoms with Gasteiger partial charge in [0.25, 0.3) is 5.56 Å². The van der Waals surface area contributed by atoms with E-state index in [0.29, 0.717) is 23.6 Å². The lowest BCUT2D eigenvalue weighted by Gasteiger charge is -2.28. The molecule has 0 unspecified atom stereocenters. The average molecular weight is 412 g/mol. The molecule has 1 fully saturated rings. The predicted molar refractivity (Wildman–Crippen MR) is 115 cm³/mol. The number of nitrogens with one attached hydrogen (secondary N) is 1. The fourth-order valence-electron chi connectivity index (χ4n) is 3.67. The Bertz CT molecular complexity index is 1340. The normalized spacial score (nSPS) is 13.3. The van der Waals surface area contributed by atoms with Gasteiger partial charge in [-0.15, -0.1) is 5.92 Å². The molecule has 9 nitrogen and oxygen atoms in total. The second-order valence-corrected chi connectivity index (χ2v) is 7.08. The van der Waals surface area contributed by atoms with E-state index in [9.17, 15) is 10.1 Å². The third kappa shape index (κ3) is 3.85. The lowest BCUT2D eigenvalue weighted by atomic mass is 10.1. The Labute approximate surface area is 179 Å². The molecule has 1 aliphatic heterocycles. The summed E-state index contributed by atoms with van der Waals surface area (Å²) in [5, 5.41) is 22.1. The van der Waals surface area contributed by atoms with Gasteiger partial charge < -0.3 is 10.2 Å². The molecule has 1 saturated heterocycles. The number of nitrogens with zero attached hydrogens (tertiary/aromatic N) is 7. The van der Waals surface area contributed by atoms with Crippen LogP contribution in [-0.2, 0) is 13.1 Å². The molecule has 1 aromatic carbocycles. The lowest BCUT2D eigenvalue weighted by molar-refractivity contribution is 0.572. The molecule has 0 atom stereocenters. The standard InChI is InChI=1S/C22H20N8O/c1-2-3-9-29-19-20(27-22(29)28-10-7-25-8-11-28)26-18(14-24)30(21(19)31)15-17-6-4-5-16(12-17)13-23/h4-6,12,25H,7-11,15H2,1H3. The molecular weight excluding hydrogens is 392 g/mol. The molecule has 2 aromatic heterocycles. The highest BCUT2D eigenvalue weighted by Gasteiger charge is 2.23. The topological polar surface area (TPSA) is 116 Å². The van der Waals surface area contributed by atoms with Gasteiger partial charge in [0.1, 0.15) is 6.07 Å². The molecule has 0 bridgehead atoms. The summed E-state index contributed by atoms with van der Waals surface area (Å²) in [5.74, 6) is 6.50. The molecule has 0 amide bonds. The molecule has 0 radical (unpaired) electrons. The van der Waals surface area contributed by atoms with Crippen LogP contribution in [0, 0.1) is 34.5 Å². The number of hydrogen-bond donors (Lipinski definition) is 1. The van der Waals surface area contributed by atoms with E-state index in [2.05, 4.69) is 38.1 Å². The molecule has 154 valence electrons. The van der Waals surface area contributed by atoms with Gasteiger partial charge in [-0.3, -0.25) is 13.9 Å². The van der Waals surface area contributed by atoms with Gasteiger partial charge in [-0.05, 0) is 24.6 Å². The van der Waals surface area contributed by atoms with Gasteiger partial charge in [0.2, 0.25) is 11.8 Å². The van der Waals surface area contributed by atoms with E-state index < -0.39 is 0 Å². The van der Waals surface area contributed by atoms with Gasteiger partial charge in [-0.2, -0.15) is 20.5 Å². The third-order valence-corrected chi connectivity index (χ3v) is 5.15. The van der Waals surface area contributed by atoms with E-state index in [-0.39, 0.29) is 23.6 Å². The molecule has 9 heteroatoms. The maximum Gasteiger partial charge on any atom is 0.281 e. The number of imidazole rings is 1. The molecular formula is C22H20N8O. The van der Waals surface area contributed by atoms with Crippen LogP contribution in [0.4, 0.5) is 5.95 Å². The third-order valence-electron chi connectivity index (χ3n) is 5.15. The van der Waals surface area contributed by atoms with Crippen LogP contribution in [0.2, 0.25) is 0 Å². The zero-order chi connectivity index (χ0) is 21.8. The Kier molecular flexibility index (Phi) is 5.66. The van der Waals surface area contributed by atoms with Crippen molar-refractivity contribution in [1.29, 1.82) is 10.5 Å². The van der Waals surface area contributed by atoms with Gasteiger partial charge in [0, 0.05) is 26.2 Å². The molecule has 3 heterocycles. The number of hydrogen-bond acceptors (Lipinski definition) is 7. The Morgan fingerprint density at radius 3 is 2.65 bits per heavy atom. The maximum atomic E-state index is 13.5. The first-order valence-electron chi connectivity index (χ1n) is 9.91. The van der Waals surface area contributed by atoms with Crippen molar-refractivity contribution in [3.05, 3.63) is 51.6 Å². The molecule has 3 aromatic rings. The number of anilines is 1. The molecule has 0 aliphatic carbocycles. The van der Waals surface area contributed by atoms with Gasteiger partial charge in [-0.1, -0.05) is 18.1 Å². The molecule has 4 rings (SSSR count). The van der Waals surface area contributed by atoms with Crippen LogP contribution in [0.3, 0.4) is 0 Å². The molecule has 1 aliphatic rings. The summed E-state index contributed by atoms with van der Waals surface area (Å²) in [6.45, 7) is 5.33. The van der Waals surface area contributed by atoms with E-state index in [0.717, 1.165) is 31.7 Å². The van der Waals surface area contributed by atoms with Crippen LogP contribution in [-0.4, -0.2) is 45.3 Å². The average Bonchev–Trinajstić information content (AvgIpc) is 3.18. The van der Waals surface area contributed by atoms with Crippen molar-refractivity contribution in [3.8, 4) is 24.0 Å². The first-order valence-corrected chi connectivity index (χ1v) is 9.91. The first-order chi connectivity index (χ1) is 15.2. The summed E-state index contributed by atoms with van der Waals surface area (Å²) in [5.41, 5.74) is 1.44. The van der Waals surface area contributed by atoms with Gasteiger partial charge in [0.05, 0.1) is 24.7 Å². The smallest absolute Gasteiger partial charge is 0.281 e. The van der Waals surface area contributed by atoms with Gasteiger partial charge in [-0.25, -0.2) is 0 Å². The summed E-state index contributed by atoms with van der Waals surface area (Å²) in [6, 6.07) is 11.1. The summed E-state index contributed by atoms with van der Waals surface area (Å²) in [4.78, 5) is 24.6. The maximum absolute atomic E-state index is 13.5. The number of rotatable bonds is 4. The fourth-order valence-corrected chi connectivity index (χ4v) is 3.67. The molecule has 31 heavy (non-hydrogen) atoms. The van der Waals surface area contributed by atoms with Crippen molar-refractivity contribution in [2.24, 2.45) is 0 Å². The minimum absolute atomic E-state index is 0.0158. The van der Waals surface area contributed by atoms with E-state index in [1.807, 2.05) is 12.1 Å². The Balaban J connectivity index is 1.90. The number of fused-ring (bicyclic) bond motifs is 1. The Morgan fingerprint density at radius 2 is 1.94 bits per heavy atom. The SMILES string of the molecule is CC#CCn1c(N2CCNCC2)nc2nc(C#N)n(Cc3cccc(C#N)c3)c(=O)c21. The van der Waals surface area contributed by atoms with Crippen LogP contribution >= 0.6 is 0 Å². The van der Waals surface area contributed by atoms with Crippen LogP contribution in [0.5, 0.6) is 0 Å². The van der Waals surface area contributed by atoms with Crippen molar-refractivity contribution in [2.45, 2.75) is 20.0 Å². The summed E-state index contributed by atoms with van der Waals surface area (Å²) < 4.78 is 3.12. The quantitative estimate of drug-likeness (QED) is 0.631. The van der Waals surface area contributed by atoms with Crippen LogP contribution in [0.25, 0.3) is 11.2 Å². The predicted octanol–water partition coefficient (Wildman–Crippen LogP) is 0.818. The molecule has 0 saturated carbocycles. The van der Waals surface area contributed by atoms with Crippen molar-refractivity contribution in [1.82, 2.24) is 24.4 Å². The number of piperazine rings is 1. The number of aromatic nitrogens is 4. The highest BCUT2D eigenvalue weighted by molar-refractivity contribution is 5.75. The van der Waals surface area contributed by atoms with Crippen molar-refractivity contribution in [3.63, 3.8) is 0 Å². The second-order valence-electron chi connectivity index (χ2n) is 7.08. The molecule has 1 N–H and O–H groups in total. The minimum atomic E-state index is -0.351. The zero-order valence-corrected chi connectivity index (χ0v) is 17.1. The van der Waals surface area contributed by atoms with Crippen molar-refractivity contribution < 1.29 is 0 Å². The first kappa shape index (κ1) is 20.2. The van der Waals surface area contributed by atoms with Gasteiger partial charge in [0.15, 0.2) is 11.2 Å². The Hall–Kier alpha value is -4.13. The summed E-state index contributed by atoms with van der Waals surface area (Å²) in [6.07, 6.45) is 0. The van der Waals surface area contributed by atoms with Crippen LogP contribution in [0.15, 0.2) is 29.1 Å². The highest BCUT2D eigenvalue weighted by atomic mass is 16.1. The summed E-state index contributed by atoms with van der Waals surface area (Å²) in [7, 11) is 0. The second kappa shape index (κ2) is 8.71. The Morgan fingerprint density at radius 1 is 1.13 bits per heavy atom. The molecule has 0 spiro atoms. The van der Waals surface area contributed by atoms with E-state index >= 15 is 0 Å². The van der Waals surface area contributed by atoms with E-state index in [1.165, 1.54) is 4.57 Å². The van der Waals surface area contributed by atoms with Crippen LogP contribution in [0.1, 0.15) is 23.9 Å². The van der Waals surface area contributed by atoms with E-state index in [4.69, 9.17) is 5.26 Å². The van der Waals surface area contributed by atoms with Gasteiger partial charge >= 0.3 is 0 Å². The number of nitriles is 2. The monoisotopic (exact) mass is 412 g/mol. The van der Waals surface area contributed by atoms with Crippen LogP contribution < -0.4 is 15.8 Å².